The number of likely N-dealkylation sites (tertiary alicyclic amines) is 1. The lowest BCUT2D eigenvalue weighted by Gasteiger charge is -2.36. The van der Waals surface area contributed by atoms with Crippen LogP contribution in [-0.4, -0.2) is 70.5 Å². The van der Waals surface area contributed by atoms with E-state index in [1.54, 1.807) is 19.4 Å². The number of pyridine rings is 1. The molecule has 0 saturated carbocycles. The van der Waals surface area contributed by atoms with Crippen LogP contribution >= 0.6 is 0 Å². The maximum Gasteiger partial charge on any atom is 0.233 e. The number of methoxy groups -OCH3 is 1. The van der Waals surface area contributed by atoms with Gasteiger partial charge in [0.2, 0.25) is 11.8 Å². The number of allylic oxidation sites excluding steroid dienone is 1. The van der Waals surface area contributed by atoms with E-state index in [1.807, 2.05) is 54.6 Å². The lowest BCUT2D eigenvalue weighted by molar-refractivity contribution is -0.138. The highest BCUT2D eigenvalue weighted by Gasteiger charge is 2.53. The number of imide groups is 1. The molecule has 1 aromatic heterocycles. The Morgan fingerprint density at radius 2 is 1.85 bits per heavy atom. The SMILES string of the molecule is COCC1=C([C@H](O)CC/C(=C/c2ccc(O)c3ccccc23)c2ccccn2)[C@H](CO)[C@@H]2C(=O)N(C)C(=O)[C@@H]2C1. The minimum absolute atomic E-state index is 0.205. The number of carbonyl (C=O) groups is 2. The Labute approximate surface area is 233 Å². The number of fused-ring (bicyclic) bond motifs is 2. The van der Waals surface area contributed by atoms with Gasteiger partial charge in [-0.3, -0.25) is 19.5 Å². The van der Waals surface area contributed by atoms with E-state index in [2.05, 4.69) is 4.98 Å². The molecule has 0 unspecified atom stereocenters. The molecule has 40 heavy (non-hydrogen) atoms. The summed E-state index contributed by atoms with van der Waals surface area (Å²) in [4.78, 5) is 31.4. The molecular weight excluding hydrogens is 508 g/mol. The maximum absolute atomic E-state index is 13.0. The molecule has 2 aliphatic rings. The largest absolute Gasteiger partial charge is 0.507 e. The number of carbonyl (C=O) groups excluding carboxylic acids is 2. The van der Waals surface area contributed by atoms with Gasteiger partial charge in [0.15, 0.2) is 0 Å². The summed E-state index contributed by atoms with van der Waals surface area (Å²) < 4.78 is 5.41. The van der Waals surface area contributed by atoms with Gasteiger partial charge in [-0.1, -0.05) is 36.4 Å². The molecule has 0 spiro atoms. The van der Waals surface area contributed by atoms with Crippen LogP contribution in [0.25, 0.3) is 22.4 Å². The number of amides is 2. The molecule has 1 aliphatic carbocycles. The van der Waals surface area contributed by atoms with Crippen LogP contribution in [0, 0.1) is 17.8 Å². The van der Waals surface area contributed by atoms with Gasteiger partial charge in [0, 0.05) is 31.7 Å². The third kappa shape index (κ3) is 5.06. The smallest absolute Gasteiger partial charge is 0.233 e. The van der Waals surface area contributed by atoms with Crippen molar-refractivity contribution in [2.75, 3.05) is 27.4 Å². The van der Waals surface area contributed by atoms with E-state index >= 15 is 0 Å². The van der Waals surface area contributed by atoms with Crippen molar-refractivity contribution in [1.29, 1.82) is 0 Å². The summed E-state index contributed by atoms with van der Waals surface area (Å²) in [5, 5.41) is 34.0. The van der Waals surface area contributed by atoms with Crippen molar-refractivity contribution >= 4 is 34.2 Å². The number of rotatable bonds is 9. The minimum Gasteiger partial charge on any atom is -0.507 e. The van der Waals surface area contributed by atoms with Crippen LogP contribution in [0.5, 0.6) is 5.75 Å². The van der Waals surface area contributed by atoms with Gasteiger partial charge >= 0.3 is 0 Å². The number of phenolic OH excluding ortho intramolecular Hbond substituents is 1. The molecule has 0 radical (unpaired) electrons. The van der Waals surface area contributed by atoms with E-state index in [0.29, 0.717) is 24.8 Å². The molecule has 0 bridgehead atoms. The number of ether oxygens (including phenoxy) is 1. The van der Waals surface area contributed by atoms with E-state index in [4.69, 9.17) is 4.74 Å². The number of aromatic hydroxyl groups is 1. The number of aromatic nitrogens is 1. The molecule has 2 aromatic carbocycles. The van der Waals surface area contributed by atoms with E-state index in [9.17, 15) is 24.9 Å². The quantitative estimate of drug-likeness (QED) is 0.278. The predicted octanol–water partition coefficient (Wildman–Crippen LogP) is 3.81. The van der Waals surface area contributed by atoms with Crippen molar-refractivity contribution in [2.45, 2.75) is 25.4 Å². The maximum atomic E-state index is 13.0. The van der Waals surface area contributed by atoms with Gasteiger partial charge in [-0.05, 0) is 71.2 Å². The lowest BCUT2D eigenvalue weighted by atomic mass is 9.68. The molecule has 208 valence electrons. The van der Waals surface area contributed by atoms with E-state index in [0.717, 1.165) is 38.1 Å². The molecule has 4 atom stereocenters. The monoisotopic (exact) mass is 542 g/mol. The molecule has 5 rings (SSSR count). The van der Waals surface area contributed by atoms with Crippen molar-refractivity contribution < 1.29 is 29.6 Å². The van der Waals surface area contributed by atoms with Crippen molar-refractivity contribution in [1.82, 2.24) is 9.88 Å². The minimum atomic E-state index is -0.958. The van der Waals surface area contributed by atoms with Crippen LogP contribution in [0.4, 0.5) is 0 Å². The first-order valence-corrected chi connectivity index (χ1v) is 13.5. The molecule has 3 N–H and O–H groups in total. The van der Waals surface area contributed by atoms with Crippen LogP contribution < -0.4 is 0 Å². The molecule has 8 nitrogen and oxygen atoms in total. The number of nitrogens with zero attached hydrogens (tertiary/aromatic N) is 2. The second-order valence-corrected chi connectivity index (χ2v) is 10.5. The first-order valence-electron chi connectivity index (χ1n) is 13.5. The summed E-state index contributed by atoms with van der Waals surface area (Å²) in [6.07, 6.45) is 3.87. The van der Waals surface area contributed by atoms with Crippen LogP contribution in [0.2, 0.25) is 0 Å². The number of hydrogen-bond acceptors (Lipinski definition) is 7. The molecule has 3 aromatic rings. The Morgan fingerprint density at radius 1 is 1.10 bits per heavy atom. The molecule has 2 amide bonds. The predicted molar refractivity (Wildman–Crippen MR) is 152 cm³/mol. The normalized spacial score (nSPS) is 22.2. The Bertz CT molecular complexity index is 1480. The third-order valence-electron chi connectivity index (χ3n) is 8.22. The van der Waals surface area contributed by atoms with Crippen molar-refractivity contribution in [3.8, 4) is 5.75 Å². The van der Waals surface area contributed by atoms with Gasteiger partial charge in [-0.25, -0.2) is 0 Å². The topological polar surface area (TPSA) is 120 Å². The highest BCUT2D eigenvalue weighted by atomic mass is 16.5. The van der Waals surface area contributed by atoms with Gasteiger partial charge in [0.25, 0.3) is 0 Å². The van der Waals surface area contributed by atoms with Crippen molar-refractivity contribution in [3.63, 3.8) is 0 Å². The fourth-order valence-corrected chi connectivity index (χ4v) is 6.32. The Morgan fingerprint density at radius 3 is 2.55 bits per heavy atom. The number of hydrogen-bond donors (Lipinski definition) is 3. The summed E-state index contributed by atoms with van der Waals surface area (Å²) in [5.74, 6) is -2.27. The van der Waals surface area contributed by atoms with Gasteiger partial charge in [-0.2, -0.15) is 0 Å². The first-order chi connectivity index (χ1) is 19.3. The number of phenols is 1. The van der Waals surface area contributed by atoms with Crippen LogP contribution in [0.1, 0.15) is 30.5 Å². The van der Waals surface area contributed by atoms with E-state index in [1.165, 1.54) is 7.05 Å². The average molecular weight is 543 g/mol. The summed E-state index contributed by atoms with van der Waals surface area (Å²) in [5.41, 5.74) is 3.93. The van der Waals surface area contributed by atoms with Gasteiger partial charge in [-0.15, -0.1) is 0 Å². The van der Waals surface area contributed by atoms with Crippen LogP contribution in [0.15, 0.2) is 71.9 Å². The molecule has 1 aliphatic heterocycles. The molecule has 1 fully saturated rings. The fraction of sp³-hybridized carbons (Fsp3) is 0.344. The summed E-state index contributed by atoms with van der Waals surface area (Å²) in [7, 11) is 3.02. The van der Waals surface area contributed by atoms with Crippen molar-refractivity contribution in [2.24, 2.45) is 17.8 Å². The Kier molecular flexibility index (Phi) is 8.12. The zero-order valence-electron chi connectivity index (χ0n) is 22.7. The first kappa shape index (κ1) is 27.7. The highest BCUT2D eigenvalue weighted by Crippen LogP contribution is 2.46. The van der Waals surface area contributed by atoms with Gasteiger partial charge < -0.3 is 20.1 Å². The lowest BCUT2D eigenvalue weighted by Crippen LogP contribution is -2.39. The molecule has 2 heterocycles. The third-order valence-corrected chi connectivity index (χ3v) is 8.22. The van der Waals surface area contributed by atoms with Crippen molar-refractivity contribution in [3.05, 3.63) is 83.2 Å². The van der Waals surface area contributed by atoms with Crippen LogP contribution in [-0.2, 0) is 14.3 Å². The zero-order chi connectivity index (χ0) is 28.4. The standard InChI is InChI=1S/C32H34N2O6/c1-34-31(38)24-16-21(18-40-2)29(25(17-35)30(24)32(34)39)28(37)13-11-20(26-9-5-6-14-33-26)15-19-10-12-27(36)23-8-4-3-7-22(19)23/h3-10,12,14-15,24-25,28,30,35-37H,11,13,16-18H2,1-2H3/b20-15-/t24-,25+,28-,30-/m1/s1. The Hall–Kier alpha value is -3.85. The van der Waals surface area contributed by atoms with E-state index < -0.39 is 23.9 Å². The second-order valence-electron chi connectivity index (χ2n) is 10.5. The number of aliphatic hydroxyl groups excluding tert-OH is 2. The average Bonchev–Trinajstić information content (AvgIpc) is 3.19. The number of aliphatic hydroxyl groups is 2. The molecule has 1 saturated heterocycles. The fourth-order valence-electron chi connectivity index (χ4n) is 6.32. The zero-order valence-corrected chi connectivity index (χ0v) is 22.7. The molecule has 8 heteroatoms. The summed E-state index contributed by atoms with van der Waals surface area (Å²) in [6, 6.07) is 16.8. The van der Waals surface area contributed by atoms with Gasteiger partial charge in [0.05, 0.1) is 36.8 Å². The summed E-state index contributed by atoms with van der Waals surface area (Å²) >= 11 is 0. The van der Waals surface area contributed by atoms with Gasteiger partial charge in [0.1, 0.15) is 5.75 Å². The number of benzene rings is 2. The second kappa shape index (κ2) is 11.7. The molecular formula is C32H34N2O6. The summed E-state index contributed by atoms with van der Waals surface area (Å²) in [6.45, 7) is -0.143. The van der Waals surface area contributed by atoms with Crippen LogP contribution in [0.3, 0.4) is 0 Å². The van der Waals surface area contributed by atoms with E-state index in [-0.39, 0.29) is 30.8 Å². The highest BCUT2D eigenvalue weighted by molar-refractivity contribution is 6.05. The Balaban J connectivity index is 1.49.